The van der Waals surface area contributed by atoms with Gasteiger partial charge in [0.25, 0.3) is 5.91 Å². The van der Waals surface area contributed by atoms with E-state index in [2.05, 4.69) is 24.0 Å². The topological polar surface area (TPSA) is 94.8 Å². The predicted octanol–water partition coefficient (Wildman–Crippen LogP) is 5.78. The minimum Gasteiger partial charge on any atom is -0.493 e. The van der Waals surface area contributed by atoms with E-state index in [4.69, 9.17) is 13.9 Å². The number of aromatic nitrogens is 2. The van der Waals surface area contributed by atoms with Crippen molar-refractivity contribution >= 4 is 33.3 Å². The molecule has 8 nitrogen and oxygen atoms in total. The molecule has 5 rings (SSSR count). The molecule has 0 aliphatic carbocycles. The highest BCUT2D eigenvalue weighted by molar-refractivity contribution is 7.15. The van der Waals surface area contributed by atoms with E-state index in [1.807, 2.05) is 13.8 Å². The maximum atomic E-state index is 14.1. The van der Waals surface area contributed by atoms with Crippen molar-refractivity contribution in [3.05, 3.63) is 74.3 Å². The van der Waals surface area contributed by atoms with Crippen LogP contribution in [0.2, 0.25) is 0 Å². The first kappa shape index (κ1) is 25.8. The van der Waals surface area contributed by atoms with E-state index in [1.54, 1.807) is 18.2 Å². The highest BCUT2D eigenvalue weighted by Crippen LogP contribution is 2.44. The van der Waals surface area contributed by atoms with Crippen molar-refractivity contribution < 1.29 is 23.1 Å². The van der Waals surface area contributed by atoms with Gasteiger partial charge in [-0.2, -0.15) is 0 Å². The quantitative estimate of drug-likeness (QED) is 0.281. The van der Waals surface area contributed by atoms with Gasteiger partial charge in [0, 0.05) is 6.42 Å². The van der Waals surface area contributed by atoms with E-state index in [-0.39, 0.29) is 22.3 Å². The molecular weight excluding hydrogens is 509 g/mol. The van der Waals surface area contributed by atoms with Gasteiger partial charge < -0.3 is 13.9 Å². The number of carbonyl (C=O) groups excluding carboxylic acids is 1. The van der Waals surface area contributed by atoms with E-state index < -0.39 is 23.2 Å². The number of carbonyl (C=O) groups is 1. The van der Waals surface area contributed by atoms with Crippen molar-refractivity contribution in [2.24, 2.45) is 11.8 Å². The summed E-state index contributed by atoms with van der Waals surface area (Å²) in [5, 5.41) is 9.75. The molecule has 0 saturated heterocycles. The van der Waals surface area contributed by atoms with Crippen molar-refractivity contribution in [1.29, 1.82) is 0 Å². The number of benzene rings is 2. The molecule has 0 radical (unpaired) electrons. The molecule has 1 atom stereocenters. The second-order valence-corrected chi connectivity index (χ2v) is 11.1. The Morgan fingerprint density at radius 3 is 2.55 bits per heavy atom. The fourth-order valence-electron chi connectivity index (χ4n) is 4.46. The molecule has 0 N–H and O–H groups in total. The van der Waals surface area contributed by atoms with Crippen LogP contribution in [0, 0.1) is 17.7 Å². The number of hydrogen-bond donors (Lipinski definition) is 0. The van der Waals surface area contributed by atoms with Crippen molar-refractivity contribution in [3.63, 3.8) is 0 Å². The van der Waals surface area contributed by atoms with Gasteiger partial charge in [0.15, 0.2) is 16.9 Å². The molecular formula is C28H28FN3O5S. The van der Waals surface area contributed by atoms with Gasteiger partial charge in [-0.25, -0.2) is 4.39 Å². The van der Waals surface area contributed by atoms with E-state index in [0.717, 1.165) is 11.1 Å². The number of methoxy groups -OCH3 is 1. The summed E-state index contributed by atoms with van der Waals surface area (Å²) in [7, 11) is 1.53. The summed E-state index contributed by atoms with van der Waals surface area (Å²) in [5.74, 6) is 0.479. The summed E-state index contributed by atoms with van der Waals surface area (Å²) in [5.41, 5.74) is 0.366. The van der Waals surface area contributed by atoms with Crippen LogP contribution in [0.1, 0.15) is 60.4 Å². The second-order valence-electron chi connectivity index (χ2n) is 10.1. The van der Waals surface area contributed by atoms with Crippen LogP contribution < -0.4 is 19.8 Å². The van der Waals surface area contributed by atoms with Crippen LogP contribution in [0.4, 0.5) is 9.52 Å². The molecule has 1 aliphatic rings. The lowest BCUT2D eigenvalue weighted by Gasteiger charge is -2.23. The normalized spacial score (nSPS) is 15.1. The monoisotopic (exact) mass is 537 g/mol. The lowest BCUT2D eigenvalue weighted by molar-refractivity contribution is 0.0970. The number of nitrogens with zero attached hydrogens (tertiary/aromatic N) is 3. The average Bonchev–Trinajstić information content (AvgIpc) is 3.44. The summed E-state index contributed by atoms with van der Waals surface area (Å²) < 4.78 is 31.5. The number of halogens is 1. The zero-order chi connectivity index (χ0) is 27.1. The van der Waals surface area contributed by atoms with Crippen LogP contribution in [0.15, 0.2) is 45.6 Å². The highest BCUT2D eigenvalue weighted by atomic mass is 32.1. The third-order valence-electron chi connectivity index (χ3n) is 6.15. The van der Waals surface area contributed by atoms with Gasteiger partial charge in [0.1, 0.15) is 16.4 Å². The molecule has 4 aromatic rings. The number of amides is 1. The Morgan fingerprint density at radius 1 is 1.05 bits per heavy atom. The standard InChI is InChI=1S/C28H28FN3O5S/c1-14(2)10-22-30-31-28(38-22)32-24(16-6-8-20(21(11-16)35-5)36-13-15(3)4)23-25(33)18-12-17(29)7-9-19(18)37-26(23)27(32)34/h6-9,11-12,14-15,24H,10,13H2,1-5H3. The lowest BCUT2D eigenvalue weighted by atomic mass is 9.98. The SMILES string of the molecule is COc1cc(C2c3c(oc4ccc(F)cc4c3=O)C(=O)N2c2nnc(CC(C)C)s2)ccc1OCC(C)C. The highest BCUT2D eigenvalue weighted by Gasteiger charge is 2.45. The summed E-state index contributed by atoms with van der Waals surface area (Å²) in [6.07, 6.45) is 0.702. The minimum absolute atomic E-state index is 0.0602. The smallest absolute Gasteiger partial charge is 0.297 e. The molecule has 2 aromatic heterocycles. The number of anilines is 1. The van der Waals surface area contributed by atoms with Gasteiger partial charge in [0.05, 0.1) is 30.7 Å². The van der Waals surface area contributed by atoms with Crippen LogP contribution in [0.25, 0.3) is 11.0 Å². The van der Waals surface area contributed by atoms with Gasteiger partial charge in [-0.05, 0) is 47.7 Å². The maximum Gasteiger partial charge on any atom is 0.297 e. The molecule has 198 valence electrons. The number of hydrogen-bond acceptors (Lipinski definition) is 8. The third-order valence-corrected chi connectivity index (χ3v) is 7.10. The van der Waals surface area contributed by atoms with Gasteiger partial charge in [-0.15, -0.1) is 10.2 Å². The van der Waals surface area contributed by atoms with Crippen LogP contribution >= 0.6 is 11.3 Å². The zero-order valence-corrected chi connectivity index (χ0v) is 22.6. The summed E-state index contributed by atoms with van der Waals surface area (Å²) in [4.78, 5) is 28.9. The molecule has 0 bridgehead atoms. The number of fused-ring (bicyclic) bond motifs is 2. The van der Waals surface area contributed by atoms with Crippen molar-refractivity contribution in [3.8, 4) is 11.5 Å². The molecule has 0 saturated carbocycles. The fraction of sp³-hybridized carbons (Fsp3) is 0.357. The second kappa shape index (κ2) is 10.2. The van der Waals surface area contributed by atoms with E-state index in [1.165, 1.54) is 35.5 Å². The average molecular weight is 538 g/mol. The van der Waals surface area contributed by atoms with Crippen molar-refractivity contribution in [1.82, 2.24) is 10.2 Å². The fourth-order valence-corrected chi connectivity index (χ4v) is 5.54. The Hall–Kier alpha value is -3.79. The lowest BCUT2D eigenvalue weighted by Crippen LogP contribution is -2.29. The van der Waals surface area contributed by atoms with Gasteiger partial charge in [0.2, 0.25) is 10.9 Å². The Kier molecular flexibility index (Phi) is 6.92. The molecule has 1 aliphatic heterocycles. The van der Waals surface area contributed by atoms with Gasteiger partial charge in [-0.3, -0.25) is 14.5 Å². The molecule has 0 fully saturated rings. The molecule has 10 heteroatoms. The van der Waals surface area contributed by atoms with Crippen LogP contribution in [-0.2, 0) is 6.42 Å². The maximum absolute atomic E-state index is 14.1. The van der Waals surface area contributed by atoms with Crippen molar-refractivity contribution in [2.75, 3.05) is 18.6 Å². The summed E-state index contributed by atoms with van der Waals surface area (Å²) in [6.45, 7) is 8.73. The summed E-state index contributed by atoms with van der Waals surface area (Å²) >= 11 is 1.29. The first-order valence-corrected chi connectivity index (χ1v) is 13.2. The summed E-state index contributed by atoms with van der Waals surface area (Å²) in [6, 6.07) is 8.06. The van der Waals surface area contributed by atoms with E-state index >= 15 is 0 Å². The Morgan fingerprint density at radius 2 is 1.84 bits per heavy atom. The number of rotatable bonds is 8. The van der Waals surface area contributed by atoms with Crippen LogP contribution in [0.5, 0.6) is 11.5 Å². The first-order chi connectivity index (χ1) is 18.2. The predicted molar refractivity (Wildman–Crippen MR) is 143 cm³/mol. The Balaban J connectivity index is 1.69. The minimum atomic E-state index is -0.880. The zero-order valence-electron chi connectivity index (χ0n) is 21.8. The van der Waals surface area contributed by atoms with Crippen molar-refractivity contribution in [2.45, 2.75) is 40.2 Å². The molecule has 2 aromatic carbocycles. The molecule has 1 amide bonds. The van der Waals surface area contributed by atoms with E-state index in [0.29, 0.717) is 47.1 Å². The van der Waals surface area contributed by atoms with Crippen LogP contribution in [-0.4, -0.2) is 29.8 Å². The molecule has 0 spiro atoms. The third kappa shape index (κ3) is 4.64. The van der Waals surface area contributed by atoms with Crippen LogP contribution in [0.3, 0.4) is 0 Å². The van der Waals surface area contributed by atoms with Gasteiger partial charge >= 0.3 is 0 Å². The molecule has 3 heterocycles. The number of ether oxygens (including phenoxy) is 2. The molecule has 38 heavy (non-hydrogen) atoms. The Bertz CT molecular complexity index is 1580. The Labute approximate surface area is 223 Å². The van der Waals surface area contributed by atoms with E-state index in [9.17, 15) is 14.0 Å². The first-order valence-electron chi connectivity index (χ1n) is 12.4. The largest absolute Gasteiger partial charge is 0.493 e. The molecule has 1 unspecified atom stereocenters. The van der Waals surface area contributed by atoms with Gasteiger partial charge in [-0.1, -0.05) is 45.1 Å².